The molecule has 0 atom stereocenters. The van der Waals surface area contributed by atoms with Gasteiger partial charge in [-0.15, -0.1) is 0 Å². The fraction of sp³-hybridized carbons (Fsp3) is 0.0556. The van der Waals surface area contributed by atoms with Gasteiger partial charge < -0.3 is 0 Å². The molecule has 0 aromatic heterocycles. The molecule has 0 aliphatic carbocycles. The molecule has 0 fully saturated rings. The Morgan fingerprint density at radius 2 is 1.47 bits per heavy atom. The van der Waals surface area contributed by atoms with Crippen LogP contribution in [-0.2, 0) is 4.79 Å². The highest BCUT2D eigenvalue weighted by molar-refractivity contribution is 5.74. The molecule has 0 amide bonds. The zero-order chi connectivity index (χ0) is 13.5. The van der Waals surface area contributed by atoms with E-state index < -0.39 is 0 Å². The van der Waals surface area contributed by atoms with Gasteiger partial charge in [0, 0.05) is 16.7 Å². The van der Waals surface area contributed by atoms with Crippen LogP contribution in [0.1, 0.15) is 22.3 Å². The zero-order valence-corrected chi connectivity index (χ0v) is 10.6. The number of hydrogen-bond acceptors (Lipinski definition) is 1. The maximum Gasteiger partial charge on any atom is 0.193 e. The molecule has 0 unspecified atom stereocenters. The van der Waals surface area contributed by atoms with Crippen LogP contribution in [0.15, 0.2) is 48.5 Å². The van der Waals surface area contributed by atoms with Gasteiger partial charge in [-0.2, -0.15) is 0 Å². The van der Waals surface area contributed by atoms with E-state index in [2.05, 4.69) is 29.7 Å². The van der Waals surface area contributed by atoms with Crippen LogP contribution < -0.4 is 0 Å². The molecule has 2 aromatic rings. The lowest BCUT2D eigenvalue weighted by Gasteiger charge is -1.93. The first-order valence-electron chi connectivity index (χ1n) is 5.92. The SMILES string of the molecule is Cc1cccc(C#Cc2ccc(C#CC=O)cc2)c1. The number of aldehydes is 1. The van der Waals surface area contributed by atoms with Crippen LogP contribution >= 0.6 is 0 Å². The Morgan fingerprint density at radius 1 is 0.842 bits per heavy atom. The van der Waals surface area contributed by atoms with Crippen LogP contribution in [0.3, 0.4) is 0 Å². The third-order valence-corrected chi connectivity index (χ3v) is 2.53. The Morgan fingerprint density at radius 3 is 2.11 bits per heavy atom. The largest absolute Gasteiger partial charge is 0.289 e. The predicted molar refractivity (Wildman–Crippen MR) is 76.5 cm³/mol. The number of benzene rings is 2. The quantitative estimate of drug-likeness (QED) is 0.514. The van der Waals surface area contributed by atoms with Gasteiger partial charge in [0.2, 0.25) is 0 Å². The van der Waals surface area contributed by atoms with Gasteiger partial charge in [0.25, 0.3) is 0 Å². The monoisotopic (exact) mass is 244 g/mol. The Hall–Kier alpha value is -2.77. The van der Waals surface area contributed by atoms with Gasteiger partial charge in [0.15, 0.2) is 6.29 Å². The molecular weight excluding hydrogens is 232 g/mol. The van der Waals surface area contributed by atoms with Crippen molar-refractivity contribution in [3.63, 3.8) is 0 Å². The summed E-state index contributed by atoms with van der Waals surface area (Å²) in [7, 11) is 0. The first-order valence-corrected chi connectivity index (χ1v) is 5.92. The third-order valence-electron chi connectivity index (χ3n) is 2.53. The second-order valence-electron chi connectivity index (χ2n) is 4.08. The van der Waals surface area contributed by atoms with Crippen LogP contribution in [0, 0.1) is 30.6 Å². The van der Waals surface area contributed by atoms with Crippen molar-refractivity contribution in [1.29, 1.82) is 0 Å². The minimum absolute atomic E-state index is 0.589. The van der Waals surface area contributed by atoms with Crippen LogP contribution in [0.4, 0.5) is 0 Å². The minimum Gasteiger partial charge on any atom is -0.289 e. The molecule has 0 aliphatic rings. The number of hydrogen-bond donors (Lipinski definition) is 0. The average Bonchev–Trinajstić information content (AvgIpc) is 2.44. The summed E-state index contributed by atoms with van der Waals surface area (Å²) in [6.07, 6.45) is 0.589. The summed E-state index contributed by atoms with van der Waals surface area (Å²) < 4.78 is 0. The molecule has 19 heavy (non-hydrogen) atoms. The molecule has 0 bridgehead atoms. The molecule has 90 valence electrons. The molecule has 0 saturated heterocycles. The van der Waals surface area contributed by atoms with Crippen LogP contribution in [-0.4, -0.2) is 6.29 Å². The van der Waals surface area contributed by atoms with Gasteiger partial charge in [-0.25, -0.2) is 0 Å². The van der Waals surface area contributed by atoms with Crippen molar-refractivity contribution in [2.45, 2.75) is 6.92 Å². The normalized spacial score (nSPS) is 8.68. The van der Waals surface area contributed by atoms with Gasteiger partial charge in [0.05, 0.1) is 0 Å². The molecule has 2 aromatic carbocycles. The number of carbonyl (C=O) groups excluding carboxylic acids is 1. The summed E-state index contributed by atoms with van der Waals surface area (Å²) in [5.41, 5.74) is 3.95. The van der Waals surface area contributed by atoms with Gasteiger partial charge in [0.1, 0.15) is 0 Å². The number of aryl methyl sites for hydroxylation is 1. The highest BCUT2D eigenvalue weighted by atomic mass is 16.1. The Labute approximate surface area is 113 Å². The molecule has 1 nitrogen and oxygen atoms in total. The van der Waals surface area contributed by atoms with Crippen molar-refractivity contribution in [2.24, 2.45) is 0 Å². The van der Waals surface area contributed by atoms with E-state index in [1.165, 1.54) is 5.56 Å². The molecule has 0 heterocycles. The summed E-state index contributed by atoms with van der Waals surface area (Å²) >= 11 is 0. The molecule has 0 N–H and O–H groups in total. The van der Waals surface area contributed by atoms with E-state index in [1.807, 2.05) is 49.4 Å². The molecule has 1 heteroatoms. The smallest absolute Gasteiger partial charge is 0.193 e. The Balaban J connectivity index is 2.18. The van der Waals surface area contributed by atoms with E-state index >= 15 is 0 Å². The Kier molecular flexibility index (Phi) is 4.17. The first kappa shape index (κ1) is 12.7. The van der Waals surface area contributed by atoms with Gasteiger partial charge in [-0.05, 0) is 54.8 Å². The van der Waals surface area contributed by atoms with Crippen LogP contribution in [0.5, 0.6) is 0 Å². The van der Waals surface area contributed by atoms with E-state index in [0.29, 0.717) is 6.29 Å². The van der Waals surface area contributed by atoms with Crippen LogP contribution in [0.25, 0.3) is 0 Å². The summed E-state index contributed by atoms with van der Waals surface area (Å²) in [6, 6.07) is 15.6. The fourth-order valence-corrected chi connectivity index (χ4v) is 1.62. The topological polar surface area (TPSA) is 17.1 Å². The minimum atomic E-state index is 0.589. The van der Waals surface area contributed by atoms with E-state index in [-0.39, 0.29) is 0 Å². The second kappa shape index (κ2) is 6.24. The first-order chi connectivity index (χ1) is 9.28. The number of carbonyl (C=O) groups is 1. The molecule has 0 aliphatic heterocycles. The van der Waals surface area contributed by atoms with Crippen molar-refractivity contribution in [2.75, 3.05) is 0 Å². The van der Waals surface area contributed by atoms with Crippen molar-refractivity contribution < 1.29 is 4.79 Å². The Bertz CT molecular complexity index is 701. The van der Waals surface area contributed by atoms with E-state index in [4.69, 9.17) is 0 Å². The lowest BCUT2D eigenvalue weighted by atomic mass is 10.1. The molecule has 2 rings (SSSR count). The molecular formula is C18H12O. The lowest BCUT2D eigenvalue weighted by molar-refractivity contribution is -0.103. The van der Waals surface area contributed by atoms with Gasteiger partial charge in [-0.1, -0.05) is 29.9 Å². The molecule has 0 spiro atoms. The maximum absolute atomic E-state index is 10.1. The van der Waals surface area contributed by atoms with Gasteiger partial charge in [-0.3, -0.25) is 4.79 Å². The standard InChI is InChI=1S/C18H12O/c1-15-4-2-5-18(14-15)12-11-17-9-7-16(8-10-17)6-3-13-19/h2,4-5,7-10,13-14H,1H3. The molecule has 0 radical (unpaired) electrons. The highest BCUT2D eigenvalue weighted by Gasteiger charge is 1.90. The summed E-state index contributed by atoms with van der Waals surface area (Å²) in [6.45, 7) is 2.05. The summed E-state index contributed by atoms with van der Waals surface area (Å²) in [4.78, 5) is 10.1. The molecule has 0 saturated carbocycles. The van der Waals surface area contributed by atoms with Crippen molar-refractivity contribution >= 4 is 6.29 Å². The zero-order valence-electron chi connectivity index (χ0n) is 10.6. The highest BCUT2D eigenvalue weighted by Crippen LogP contribution is 2.04. The van der Waals surface area contributed by atoms with Gasteiger partial charge >= 0.3 is 0 Å². The van der Waals surface area contributed by atoms with E-state index in [1.54, 1.807) is 0 Å². The predicted octanol–water partition coefficient (Wildman–Crippen LogP) is 2.95. The summed E-state index contributed by atoms with van der Waals surface area (Å²) in [5, 5.41) is 0. The van der Waals surface area contributed by atoms with Crippen molar-refractivity contribution in [3.05, 3.63) is 70.8 Å². The van der Waals surface area contributed by atoms with Crippen molar-refractivity contribution in [1.82, 2.24) is 0 Å². The lowest BCUT2D eigenvalue weighted by Crippen LogP contribution is -1.79. The van der Waals surface area contributed by atoms with Crippen molar-refractivity contribution in [3.8, 4) is 23.7 Å². The third kappa shape index (κ3) is 3.87. The summed E-state index contributed by atoms with van der Waals surface area (Å²) in [5.74, 6) is 11.3. The maximum atomic E-state index is 10.1. The fourth-order valence-electron chi connectivity index (χ4n) is 1.62. The second-order valence-corrected chi connectivity index (χ2v) is 4.08. The van der Waals surface area contributed by atoms with E-state index in [0.717, 1.165) is 16.7 Å². The number of rotatable bonds is 0. The van der Waals surface area contributed by atoms with Crippen LogP contribution in [0.2, 0.25) is 0 Å². The van der Waals surface area contributed by atoms with E-state index in [9.17, 15) is 4.79 Å². The average molecular weight is 244 g/mol.